The minimum absolute atomic E-state index is 0.102. The van der Waals surface area contributed by atoms with E-state index in [0.717, 1.165) is 43.6 Å². The maximum Gasteiger partial charge on any atom is 0.261 e. The summed E-state index contributed by atoms with van der Waals surface area (Å²) in [6.45, 7) is 10.8. The van der Waals surface area contributed by atoms with Gasteiger partial charge in [-0.1, -0.05) is 13.8 Å². The van der Waals surface area contributed by atoms with Crippen LogP contribution in [0.25, 0.3) is 10.9 Å². The molecule has 1 aromatic heterocycles. The van der Waals surface area contributed by atoms with Gasteiger partial charge in [-0.25, -0.2) is 4.98 Å². The SMILES string of the molecule is CC(C)CN1CCN(c2ccc3c(=O)n(CC4CC4)cnc3c2)CC1. The lowest BCUT2D eigenvalue weighted by Gasteiger charge is -2.36. The molecule has 2 aromatic rings. The summed E-state index contributed by atoms with van der Waals surface area (Å²) >= 11 is 0. The fraction of sp³-hybridized carbons (Fsp3) is 0.600. The first kappa shape index (κ1) is 16.6. The van der Waals surface area contributed by atoms with Gasteiger partial charge in [0.2, 0.25) is 0 Å². The zero-order chi connectivity index (χ0) is 17.4. The van der Waals surface area contributed by atoms with Crippen molar-refractivity contribution in [1.82, 2.24) is 14.5 Å². The summed E-state index contributed by atoms with van der Waals surface area (Å²) in [6.07, 6.45) is 4.21. The number of nitrogens with zero attached hydrogens (tertiary/aromatic N) is 4. The van der Waals surface area contributed by atoms with Gasteiger partial charge in [0.15, 0.2) is 0 Å². The van der Waals surface area contributed by atoms with Crippen LogP contribution in [0.15, 0.2) is 29.3 Å². The van der Waals surface area contributed by atoms with Crippen LogP contribution < -0.4 is 10.5 Å². The van der Waals surface area contributed by atoms with Crippen LogP contribution in [0.5, 0.6) is 0 Å². The molecule has 2 fully saturated rings. The van der Waals surface area contributed by atoms with Crippen LogP contribution >= 0.6 is 0 Å². The molecule has 1 aromatic carbocycles. The molecule has 1 aliphatic carbocycles. The molecule has 1 aliphatic heterocycles. The van der Waals surface area contributed by atoms with E-state index in [4.69, 9.17) is 0 Å². The zero-order valence-electron chi connectivity index (χ0n) is 15.3. The Bertz CT molecular complexity index is 801. The maximum atomic E-state index is 12.6. The Hall–Kier alpha value is -1.88. The Morgan fingerprint density at radius 1 is 1.16 bits per heavy atom. The van der Waals surface area contributed by atoms with E-state index in [1.807, 2.05) is 6.07 Å². The first-order chi connectivity index (χ1) is 12.1. The fourth-order valence-electron chi connectivity index (χ4n) is 3.76. The van der Waals surface area contributed by atoms with Gasteiger partial charge in [0.1, 0.15) is 0 Å². The Labute approximate surface area is 149 Å². The number of hydrogen-bond donors (Lipinski definition) is 0. The van der Waals surface area contributed by atoms with Crippen molar-refractivity contribution in [1.29, 1.82) is 0 Å². The quantitative estimate of drug-likeness (QED) is 0.839. The average molecular weight is 340 g/mol. The van der Waals surface area contributed by atoms with Gasteiger partial charge < -0.3 is 4.90 Å². The summed E-state index contributed by atoms with van der Waals surface area (Å²) in [4.78, 5) is 22.1. The number of benzene rings is 1. The third-order valence-corrected chi connectivity index (χ3v) is 5.32. The molecule has 5 heteroatoms. The molecule has 25 heavy (non-hydrogen) atoms. The van der Waals surface area contributed by atoms with Gasteiger partial charge in [-0.3, -0.25) is 14.3 Å². The minimum Gasteiger partial charge on any atom is -0.369 e. The van der Waals surface area contributed by atoms with Crippen LogP contribution in [0, 0.1) is 11.8 Å². The molecule has 0 radical (unpaired) electrons. The van der Waals surface area contributed by atoms with Crippen molar-refractivity contribution < 1.29 is 0 Å². The summed E-state index contributed by atoms with van der Waals surface area (Å²) in [6, 6.07) is 6.13. The van der Waals surface area contributed by atoms with Crippen molar-refractivity contribution in [2.45, 2.75) is 33.2 Å². The highest BCUT2D eigenvalue weighted by atomic mass is 16.1. The Morgan fingerprint density at radius 2 is 1.92 bits per heavy atom. The van der Waals surface area contributed by atoms with E-state index in [0.29, 0.717) is 11.8 Å². The third-order valence-electron chi connectivity index (χ3n) is 5.32. The molecule has 134 valence electrons. The number of hydrogen-bond acceptors (Lipinski definition) is 4. The molecule has 0 amide bonds. The molecule has 0 atom stereocenters. The van der Waals surface area contributed by atoms with Crippen molar-refractivity contribution in [2.24, 2.45) is 11.8 Å². The van der Waals surface area contributed by atoms with Crippen molar-refractivity contribution >= 4 is 16.6 Å². The van der Waals surface area contributed by atoms with Crippen LogP contribution in [0.3, 0.4) is 0 Å². The van der Waals surface area contributed by atoms with E-state index in [-0.39, 0.29) is 5.56 Å². The first-order valence-corrected chi connectivity index (χ1v) is 9.56. The van der Waals surface area contributed by atoms with Crippen molar-refractivity contribution in [3.8, 4) is 0 Å². The number of aromatic nitrogens is 2. The molecule has 4 rings (SSSR count). The van der Waals surface area contributed by atoms with Crippen molar-refractivity contribution in [3.63, 3.8) is 0 Å². The van der Waals surface area contributed by atoms with Gasteiger partial charge >= 0.3 is 0 Å². The molecule has 1 saturated heterocycles. The lowest BCUT2D eigenvalue weighted by atomic mass is 10.1. The second-order valence-corrected chi connectivity index (χ2v) is 8.03. The Morgan fingerprint density at radius 3 is 2.60 bits per heavy atom. The molecule has 0 bridgehead atoms. The normalized spacial score (nSPS) is 19.1. The summed E-state index contributed by atoms with van der Waals surface area (Å²) in [7, 11) is 0. The summed E-state index contributed by atoms with van der Waals surface area (Å²) in [5, 5.41) is 0.741. The standard InChI is InChI=1S/C20H28N4O/c1-15(2)12-22-7-9-23(10-8-22)17-5-6-18-19(11-17)21-14-24(20(18)25)13-16-3-4-16/h5-6,11,14-16H,3-4,7-10,12-13H2,1-2H3. The van der Waals surface area contributed by atoms with Crippen LogP contribution in [-0.2, 0) is 6.54 Å². The summed E-state index contributed by atoms with van der Waals surface area (Å²) < 4.78 is 1.78. The van der Waals surface area contributed by atoms with E-state index in [2.05, 4.69) is 40.8 Å². The van der Waals surface area contributed by atoms with Gasteiger partial charge in [0, 0.05) is 45.0 Å². The predicted molar refractivity (Wildman–Crippen MR) is 102 cm³/mol. The van der Waals surface area contributed by atoms with E-state index in [9.17, 15) is 4.79 Å². The fourth-order valence-corrected chi connectivity index (χ4v) is 3.76. The zero-order valence-corrected chi connectivity index (χ0v) is 15.3. The molecule has 0 unspecified atom stereocenters. The molecule has 1 saturated carbocycles. The molecular weight excluding hydrogens is 312 g/mol. The van der Waals surface area contributed by atoms with Crippen LogP contribution in [0.2, 0.25) is 0 Å². The highest BCUT2D eigenvalue weighted by molar-refractivity contribution is 5.81. The second-order valence-electron chi connectivity index (χ2n) is 8.03. The van der Waals surface area contributed by atoms with Gasteiger partial charge in [-0.15, -0.1) is 0 Å². The smallest absolute Gasteiger partial charge is 0.261 e. The lowest BCUT2D eigenvalue weighted by Crippen LogP contribution is -2.47. The Kier molecular flexibility index (Phi) is 4.50. The number of piperazine rings is 1. The van der Waals surface area contributed by atoms with Crippen LogP contribution in [0.1, 0.15) is 26.7 Å². The molecule has 0 N–H and O–H groups in total. The monoisotopic (exact) mass is 340 g/mol. The third kappa shape index (κ3) is 3.71. The van der Waals surface area contributed by atoms with Crippen LogP contribution in [-0.4, -0.2) is 47.2 Å². The first-order valence-electron chi connectivity index (χ1n) is 9.56. The average Bonchev–Trinajstić information content (AvgIpc) is 3.41. The number of rotatable bonds is 5. The lowest BCUT2D eigenvalue weighted by molar-refractivity contribution is 0.231. The second kappa shape index (κ2) is 6.79. The maximum absolute atomic E-state index is 12.6. The highest BCUT2D eigenvalue weighted by Gasteiger charge is 2.23. The van der Waals surface area contributed by atoms with Gasteiger partial charge in [-0.2, -0.15) is 0 Å². The van der Waals surface area contributed by atoms with Crippen LogP contribution in [0.4, 0.5) is 5.69 Å². The summed E-state index contributed by atoms with van der Waals surface area (Å²) in [5.41, 5.74) is 2.10. The van der Waals surface area contributed by atoms with E-state index in [1.54, 1.807) is 10.9 Å². The van der Waals surface area contributed by atoms with Crippen molar-refractivity contribution in [3.05, 3.63) is 34.9 Å². The molecule has 2 heterocycles. The Balaban J connectivity index is 1.51. The minimum atomic E-state index is 0.102. The van der Waals surface area contributed by atoms with E-state index < -0.39 is 0 Å². The van der Waals surface area contributed by atoms with Gasteiger partial charge in [-0.05, 0) is 42.9 Å². The number of anilines is 1. The molecule has 0 spiro atoms. The predicted octanol–water partition coefficient (Wildman–Crippen LogP) is 2.58. The van der Waals surface area contributed by atoms with Crippen molar-refractivity contribution in [2.75, 3.05) is 37.6 Å². The summed E-state index contributed by atoms with van der Waals surface area (Å²) in [5.74, 6) is 1.40. The molecular formula is C20H28N4O. The molecule has 2 aliphatic rings. The highest BCUT2D eigenvalue weighted by Crippen LogP contribution is 2.30. The molecule has 5 nitrogen and oxygen atoms in total. The van der Waals surface area contributed by atoms with Gasteiger partial charge in [0.25, 0.3) is 5.56 Å². The topological polar surface area (TPSA) is 41.4 Å². The van der Waals surface area contributed by atoms with Gasteiger partial charge in [0.05, 0.1) is 17.2 Å². The van der Waals surface area contributed by atoms with E-state index >= 15 is 0 Å². The van der Waals surface area contributed by atoms with E-state index in [1.165, 1.54) is 25.1 Å². The number of fused-ring (bicyclic) bond motifs is 1. The largest absolute Gasteiger partial charge is 0.369 e.